The molecule has 116 valence electrons. The van der Waals surface area contributed by atoms with E-state index in [1.54, 1.807) is 11.3 Å². The monoisotopic (exact) mass is 316 g/mol. The van der Waals surface area contributed by atoms with Gasteiger partial charge in [-0.15, -0.1) is 0 Å². The van der Waals surface area contributed by atoms with E-state index in [1.807, 2.05) is 53.5 Å². The molecule has 1 aliphatic heterocycles. The third kappa shape index (κ3) is 3.15. The highest BCUT2D eigenvalue weighted by molar-refractivity contribution is 7.07. The maximum absolute atomic E-state index is 12.7. The summed E-state index contributed by atoms with van der Waals surface area (Å²) in [5.41, 5.74) is 2.93. The minimum absolute atomic E-state index is 0.0130. The van der Waals surface area contributed by atoms with E-state index in [0.717, 1.165) is 16.8 Å². The summed E-state index contributed by atoms with van der Waals surface area (Å²) < 4.78 is 5.81. The van der Waals surface area contributed by atoms with Crippen molar-refractivity contribution >= 4 is 22.9 Å². The van der Waals surface area contributed by atoms with Gasteiger partial charge in [0.15, 0.2) is 0 Å². The quantitative estimate of drug-likeness (QED) is 0.872. The van der Waals surface area contributed by atoms with Gasteiger partial charge in [0.1, 0.15) is 6.10 Å². The van der Waals surface area contributed by atoms with Crippen molar-refractivity contribution in [1.82, 2.24) is 4.90 Å². The second-order valence-electron chi connectivity index (χ2n) is 5.61. The molecule has 2 heterocycles. The molecular weight excluding hydrogens is 296 g/mol. The summed E-state index contributed by atoms with van der Waals surface area (Å²) in [6, 6.07) is 9.82. The van der Waals surface area contributed by atoms with Gasteiger partial charge in [-0.2, -0.15) is 11.3 Å². The van der Waals surface area contributed by atoms with E-state index in [1.165, 1.54) is 0 Å². The van der Waals surface area contributed by atoms with E-state index in [0.29, 0.717) is 19.7 Å². The third-order valence-electron chi connectivity index (χ3n) is 3.88. The average Bonchev–Trinajstić information content (AvgIpc) is 3.09. The smallest absolute Gasteiger partial charge is 0.254 e. The number of carbonyl (C=O) groups excluding carboxylic acids is 1. The van der Waals surface area contributed by atoms with Gasteiger partial charge in [-0.3, -0.25) is 4.79 Å². The van der Waals surface area contributed by atoms with E-state index in [-0.39, 0.29) is 12.0 Å². The predicted octanol–water partition coefficient (Wildman–Crippen LogP) is 3.03. The molecule has 1 aromatic carbocycles. The van der Waals surface area contributed by atoms with Crippen LogP contribution in [-0.2, 0) is 4.74 Å². The average molecular weight is 316 g/mol. The molecule has 22 heavy (non-hydrogen) atoms. The summed E-state index contributed by atoms with van der Waals surface area (Å²) in [6.07, 6.45) is -0.0130. The van der Waals surface area contributed by atoms with Gasteiger partial charge in [0, 0.05) is 31.9 Å². The van der Waals surface area contributed by atoms with Gasteiger partial charge in [-0.1, -0.05) is 6.07 Å². The lowest BCUT2D eigenvalue weighted by Gasteiger charge is -2.33. The second-order valence-corrected chi connectivity index (χ2v) is 6.39. The number of nitrogens with zero attached hydrogens (tertiary/aromatic N) is 2. The van der Waals surface area contributed by atoms with Crippen LogP contribution in [0.15, 0.2) is 41.1 Å². The first-order valence-corrected chi connectivity index (χ1v) is 8.30. The van der Waals surface area contributed by atoms with E-state index >= 15 is 0 Å². The standard InChI is InChI=1S/C17H20N2O2S/c1-18(2)15-5-3-4-13(10-15)17(20)19-7-8-21-16(11-19)14-6-9-22-12-14/h3-6,9-10,12,16H,7-8,11H2,1-2H3/t16-/m1/s1. The molecule has 0 radical (unpaired) electrons. The van der Waals surface area contributed by atoms with Crippen LogP contribution in [0.1, 0.15) is 22.0 Å². The molecule has 0 unspecified atom stereocenters. The van der Waals surface area contributed by atoms with Crippen LogP contribution in [0.25, 0.3) is 0 Å². The van der Waals surface area contributed by atoms with Gasteiger partial charge in [-0.25, -0.2) is 0 Å². The Balaban J connectivity index is 1.75. The highest BCUT2D eigenvalue weighted by Crippen LogP contribution is 2.25. The maximum atomic E-state index is 12.7. The largest absolute Gasteiger partial charge is 0.378 e. The van der Waals surface area contributed by atoms with Gasteiger partial charge < -0.3 is 14.5 Å². The Morgan fingerprint density at radius 2 is 2.23 bits per heavy atom. The molecular formula is C17H20N2O2S. The summed E-state index contributed by atoms with van der Waals surface area (Å²) in [5.74, 6) is 0.0761. The number of carbonyl (C=O) groups is 1. The molecule has 2 aromatic rings. The van der Waals surface area contributed by atoms with Crippen LogP contribution in [0.2, 0.25) is 0 Å². The number of hydrogen-bond donors (Lipinski definition) is 0. The Hall–Kier alpha value is -1.85. The Bertz CT molecular complexity index is 640. The Kier molecular flexibility index (Phi) is 4.45. The molecule has 0 saturated carbocycles. The molecule has 1 aliphatic rings. The molecule has 0 spiro atoms. The summed E-state index contributed by atoms with van der Waals surface area (Å²) >= 11 is 1.66. The number of ether oxygens (including phenoxy) is 1. The van der Waals surface area contributed by atoms with Gasteiger partial charge in [0.2, 0.25) is 0 Å². The minimum atomic E-state index is -0.0130. The van der Waals surface area contributed by atoms with Crippen molar-refractivity contribution in [2.45, 2.75) is 6.10 Å². The van der Waals surface area contributed by atoms with Crippen LogP contribution >= 0.6 is 11.3 Å². The molecule has 3 rings (SSSR count). The summed E-state index contributed by atoms with van der Waals surface area (Å²) in [4.78, 5) is 16.6. The molecule has 0 N–H and O–H groups in total. The van der Waals surface area contributed by atoms with Crippen molar-refractivity contribution < 1.29 is 9.53 Å². The summed E-state index contributed by atoms with van der Waals surface area (Å²) in [5, 5.41) is 4.13. The molecule has 4 nitrogen and oxygen atoms in total. The van der Waals surface area contributed by atoms with Crippen LogP contribution < -0.4 is 4.90 Å². The van der Waals surface area contributed by atoms with E-state index in [4.69, 9.17) is 4.74 Å². The highest BCUT2D eigenvalue weighted by atomic mass is 32.1. The molecule has 1 fully saturated rings. The summed E-state index contributed by atoms with van der Waals surface area (Å²) in [6.45, 7) is 1.84. The first-order chi connectivity index (χ1) is 10.6. The zero-order valence-corrected chi connectivity index (χ0v) is 13.7. The van der Waals surface area contributed by atoms with Crippen LogP contribution in [0.4, 0.5) is 5.69 Å². The number of anilines is 1. The number of rotatable bonds is 3. The van der Waals surface area contributed by atoms with Crippen molar-refractivity contribution in [3.63, 3.8) is 0 Å². The van der Waals surface area contributed by atoms with E-state index in [2.05, 4.69) is 11.4 Å². The van der Waals surface area contributed by atoms with Crippen LogP contribution in [0, 0.1) is 0 Å². The lowest BCUT2D eigenvalue weighted by molar-refractivity contribution is -0.0226. The highest BCUT2D eigenvalue weighted by Gasteiger charge is 2.26. The first-order valence-electron chi connectivity index (χ1n) is 7.35. The number of thiophene rings is 1. The zero-order valence-electron chi connectivity index (χ0n) is 12.9. The van der Waals surface area contributed by atoms with Gasteiger partial charge in [-0.05, 0) is 40.6 Å². The van der Waals surface area contributed by atoms with Gasteiger partial charge in [0.05, 0.1) is 13.2 Å². The van der Waals surface area contributed by atoms with Gasteiger partial charge >= 0.3 is 0 Å². The zero-order chi connectivity index (χ0) is 15.5. The lowest BCUT2D eigenvalue weighted by atomic mass is 10.1. The third-order valence-corrected chi connectivity index (χ3v) is 4.58. The molecule has 1 atom stereocenters. The fraction of sp³-hybridized carbons (Fsp3) is 0.353. The number of benzene rings is 1. The normalized spacial score (nSPS) is 18.3. The summed E-state index contributed by atoms with van der Waals surface area (Å²) in [7, 11) is 3.95. The SMILES string of the molecule is CN(C)c1cccc(C(=O)N2CCO[C@@H](c3ccsc3)C2)c1. The van der Waals surface area contributed by atoms with Crippen LogP contribution in [0.5, 0.6) is 0 Å². The van der Waals surface area contributed by atoms with Crippen molar-refractivity contribution in [2.75, 3.05) is 38.7 Å². The second kappa shape index (κ2) is 6.50. The Morgan fingerprint density at radius 1 is 1.36 bits per heavy atom. The van der Waals surface area contributed by atoms with Crippen LogP contribution in [0.3, 0.4) is 0 Å². The molecule has 1 amide bonds. The maximum Gasteiger partial charge on any atom is 0.254 e. The Morgan fingerprint density at radius 3 is 2.95 bits per heavy atom. The Labute approximate surface area is 134 Å². The lowest BCUT2D eigenvalue weighted by Crippen LogP contribution is -2.42. The molecule has 1 aromatic heterocycles. The molecule has 0 aliphatic carbocycles. The molecule has 1 saturated heterocycles. The fourth-order valence-corrected chi connectivity index (χ4v) is 3.30. The van der Waals surface area contributed by atoms with Crippen molar-refractivity contribution in [3.05, 3.63) is 52.2 Å². The van der Waals surface area contributed by atoms with Crippen molar-refractivity contribution in [3.8, 4) is 0 Å². The van der Waals surface area contributed by atoms with E-state index in [9.17, 15) is 4.79 Å². The fourth-order valence-electron chi connectivity index (χ4n) is 2.59. The number of morpholine rings is 1. The van der Waals surface area contributed by atoms with E-state index < -0.39 is 0 Å². The van der Waals surface area contributed by atoms with Crippen molar-refractivity contribution in [2.24, 2.45) is 0 Å². The minimum Gasteiger partial charge on any atom is -0.378 e. The number of amides is 1. The van der Waals surface area contributed by atoms with Crippen molar-refractivity contribution in [1.29, 1.82) is 0 Å². The molecule has 0 bridgehead atoms. The predicted molar refractivity (Wildman–Crippen MR) is 89.7 cm³/mol. The molecule has 5 heteroatoms. The topological polar surface area (TPSA) is 32.8 Å². The number of hydrogen-bond acceptors (Lipinski definition) is 4. The first kappa shape index (κ1) is 15.1. The van der Waals surface area contributed by atoms with Gasteiger partial charge in [0.25, 0.3) is 5.91 Å². The van der Waals surface area contributed by atoms with Crippen LogP contribution in [-0.4, -0.2) is 44.6 Å².